The third-order valence-corrected chi connectivity index (χ3v) is 2.75. The maximum Gasteiger partial charge on any atom is 0.231 e. The van der Waals surface area contributed by atoms with Crippen LogP contribution >= 0.6 is 0 Å². The van der Waals surface area contributed by atoms with E-state index < -0.39 is 6.04 Å². The van der Waals surface area contributed by atoms with E-state index in [-0.39, 0.29) is 31.3 Å². The molecule has 0 radical (unpaired) electrons. The highest BCUT2D eigenvalue weighted by molar-refractivity contribution is 6.05. The minimum atomic E-state index is -0.403. The predicted molar refractivity (Wildman–Crippen MR) is 57.6 cm³/mol. The van der Waals surface area contributed by atoms with E-state index in [1.807, 2.05) is 30.3 Å². The Morgan fingerprint density at radius 2 is 1.94 bits per heavy atom. The molecule has 4 nitrogen and oxygen atoms in total. The average Bonchev–Trinajstić information content (AvgIpc) is 2.61. The Morgan fingerprint density at radius 3 is 2.44 bits per heavy atom. The normalized spacial score (nSPS) is 17.9. The van der Waals surface area contributed by atoms with Gasteiger partial charge >= 0.3 is 0 Å². The molecular formula is C12H13NO3. The van der Waals surface area contributed by atoms with Crippen LogP contribution in [-0.2, 0) is 9.59 Å². The van der Waals surface area contributed by atoms with E-state index in [1.165, 1.54) is 4.90 Å². The number of nitrogens with zero attached hydrogens (tertiary/aromatic N) is 1. The summed E-state index contributed by atoms with van der Waals surface area (Å²) in [5.74, 6) is -0.285. The molecule has 0 aromatic heterocycles. The van der Waals surface area contributed by atoms with Crippen molar-refractivity contribution in [2.24, 2.45) is 0 Å². The quantitative estimate of drug-likeness (QED) is 0.754. The Balaban J connectivity index is 2.24. The molecule has 1 aliphatic heterocycles. The fraction of sp³-hybridized carbons (Fsp3) is 0.333. The van der Waals surface area contributed by atoms with Gasteiger partial charge in [-0.2, -0.15) is 0 Å². The molecule has 1 atom stereocenters. The average molecular weight is 219 g/mol. The van der Waals surface area contributed by atoms with Gasteiger partial charge < -0.3 is 10.0 Å². The third kappa shape index (κ3) is 1.97. The van der Waals surface area contributed by atoms with E-state index in [4.69, 9.17) is 0 Å². The zero-order valence-corrected chi connectivity index (χ0v) is 8.80. The summed E-state index contributed by atoms with van der Waals surface area (Å²) in [4.78, 5) is 24.2. The molecule has 1 aromatic rings. The summed E-state index contributed by atoms with van der Waals surface area (Å²) in [6.07, 6.45) is -0.0384. The molecule has 4 heteroatoms. The van der Waals surface area contributed by atoms with Crippen molar-refractivity contribution in [2.45, 2.75) is 12.5 Å². The molecule has 1 aromatic carbocycles. The minimum absolute atomic E-state index is 0.0384. The largest absolute Gasteiger partial charge is 0.394 e. The van der Waals surface area contributed by atoms with E-state index in [1.54, 1.807) is 0 Å². The third-order valence-electron chi connectivity index (χ3n) is 2.75. The number of aliphatic hydroxyl groups is 1. The van der Waals surface area contributed by atoms with Gasteiger partial charge in [0, 0.05) is 0 Å². The number of carbonyl (C=O) groups excluding carboxylic acids is 2. The first kappa shape index (κ1) is 10.8. The molecule has 0 spiro atoms. The van der Waals surface area contributed by atoms with Crippen LogP contribution in [-0.4, -0.2) is 34.8 Å². The Morgan fingerprint density at radius 1 is 1.25 bits per heavy atom. The summed E-state index contributed by atoms with van der Waals surface area (Å²) in [5.41, 5.74) is 0.855. The minimum Gasteiger partial charge on any atom is -0.394 e. The van der Waals surface area contributed by atoms with Crippen LogP contribution in [0.3, 0.4) is 0 Å². The lowest BCUT2D eigenvalue weighted by atomic mass is 10.1. The molecule has 1 heterocycles. The molecule has 2 rings (SSSR count). The fourth-order valence-corrected chi connectivity index (χ4v) is 1.95. The van der Waals surface area contributed by atoms with E-state index >= 15 is 0 Å². The van der Waals surface area contributed by atoms with Crippen LogP contribution in [0.4, 0.5) is 0 Å². The lowest BCUT2D eigenvalue weighted by molar-refractivity contribution is -0.130. The van der Waals surface area contributed by atoms with Gasteiger partial charge in [-0.05, 0) is 5.56 Å². The second kappa shape index (κ2) is 4.45. The van der Waals surface area contributed by atoms with Gasteiger partial charge in [-0.1, -0.05) is 30.3 Å². The number of rotatable bonds is 3. The summed E-state index contributed by atoms with van der Waals surface area (Å²) in [6, 6.07) is 8.85. The van der Waals surface area contributed by atoms with Gasteiger partial charge in [0.2, 0.25) is 5.91 Å². The highest BCUT2D eigenvalue weighted by Gasteiger charge is 2.33. The number of Topliss-reactive ketones (excluding diaryl/α,β-unsaturated/α-hetero) is 1. The smallest absolute Gasteiger partial charge is 0.231 e. The van der Waals surface area contributed by atoms with E-state index in [2.05, 4.69) is 0 Å². The molecule has 0 unspecified atom stereocenters. The zero-order valence-electron chi connectivity index (χ0n) is 8.80. The second-order valence-electron chi connectivity index (χ2n) is 3.85. The van der Waals surface area contributed by atoms with Crippen LogP contribution < -0.4 is 0 Å². The Hall–Kier alpha value is -1.68. The van der Waals surface area contributed by atoms with Crippen LogP contribution in [0.15, 0.2) is 30.3 Å². The number of benzene rings is 1. The molecule has 1 saturated heterocycles. The van der Waals surface area contributed by atoms with Crippen molar-refractivity contribution >= 4 is 11.7 Å². The monoisotopic (exact) mass is 219 g/mol. The first-order chi connectivity index (χ1) is 7.72. The molecule has 84 valence electrons. The highest BCUT2D eigenvalue weighted by atomic mass is 16.3. The van der Waals surface area contributed by atoms with Gasteiger partial charge in [0.15, 0.2) is 5.78 Å². The zero-order chi connectivity index (χ0) is 11.5. The van der Waals surface area contributed by atoms with Crippen molar-refractivity contribution in [1.29, 1.82) is 0 Å². The van der Waals surface area contributed by atoms with Crippen molar-refractivity contribution < 1.29 is 14.7 Å². The highest BCUT2D eigenvalue weighted by Crippen LogP contribution is 2.23. The summed E-state index contributed by atoms with van der Waals surface area (Å²) in [7, 11) is 0. The summed E-state index contributed by atoms with van der Waals surface area (Å²) >= 11 is 0. The molecule has 0 aliphatic carbocycles. The maximum atomic E-state index is 11.6. The number of likely N-dealkylation sites (tertiary alicyclic amines) is 1. The summed E-state index contributed by atoms with van der Waals surface area (Å²) < 4.78 is 0. The number of hydrogen-bond donors (Lipinski definition) is 1. The van der Waals surface area contributed by atoms with Crippen LogP contribution in [0.1, 0.15) is 18.0 Å². The Labute approximate surface area is 93.5 Å². The van der Waals surface area contributed by atoms with Crippen molar-refractivity contribution in [3.8, 4) is 0 Å². The van der Waals surface area contributed by atoms with Crippen LogP contribution in [0, 0.1) is 0 Å². The Kier molecular flexibility index (Phi) is 3.01. The number of carbonyl (C=O) groups is 2. The topological polar surface area (TPSA) is 57.6 Å². The van der Waals surface area contributed by atoms with Gasteiger partial charge in [0.1, 0.15) is 0 Å². The maximum absolute atomic E-state index is 11.6. The summed E-state index contributed by atoms with van der Waals surface area (Å²) in [6.45, 7) is -0.0536. The van der Waals surface area contributed by atoms with Gasteiger partial charge in [-0.3, -0.25) is 9.59 Å². The molecule has 16 heavy (non-hydrogen) atoms. The van der Waals surface area contributed by atoms with Crippen LogP contribution in [0.2, 0.25) is 0 Å². The Bertz CT molecular complexity index is 402. The van der Waals surface area contributed by atoms with Crippen molar-refractivity contribution in [3.05, 3.63) is 35.9 Å². The van der Waals surface area contributed by atoms with Crippen molar-refractivity contribution in [2.75, 3.05) is 13.2 Å². The lowest BCUT2D eigenvalue weighted by Gasteiger charge is -2.25. The van der Waals surface area contributed by atoms with Gasteiger partial charge in [0.05, 0.1) is 25.6 Å². The number of aliphatic hydroxyl groups excluding tert-OH is 1. The van der Waals surface area contributed by atoms with Crippen LogP contribution in [0.25, 0.3) is 0 Å². The van der Waals surface area contributed by atoms with Crippen LogP contribution in [0.5, 0.6) is 0 Å². The molecule has 1 amide bonds. The molecule has 0 bridgehead atoms. The predicted octanol–water partition coefficient (Wildman–Crippen LogP) is 0.521. The van der Waals surface area contributed by atoms with E-state index in [0.29, 0.717) is 0 Å². The van der Waals surface area contributed by atoms with Gasteiger partial charge in [-0.25, -0.2) is 0 Å². The SMILES string of the molecule is O=C1CC(=O)N([C@@H](CO)c2ccccc2)C1. The number of amides is 1. The molecular weight excluding hydrogens is 206 g/mol. The number of ketones is 1. The molecule has 1 fully saturated rings. The van der Waals surface area contributed by atoms with Gasteiger partial charge in [0.25, 0.3) is 0 Å². The first-order valence-corrected chi connectivity index (χ1v) is 5.19. The van der Waals surface area contributed by atoms with E-state index in [9.17, 15) is 14.7 Å². The lowest BCUT2D eigenvalue weighted by Crippen LogP contribution is -2.32. The van der Waals surface area contributed by atoms with E-state index in [0.717, 1.165) is 5.56 Å². The number of hydrogen-bond acceptors (Lipinski definition) is 3. The van der Waals surface area contributed by atoms with Gasteiger partial charge in [-0.15, -0.1) is 0 Å². The fourth-order valence-electron chi connectivity index (χ4n) is 1.95. The van der Waals surface area contributed by atoms with Crippen molar-refractivity contribution in [3.63, 3.8) is 0 Å². The first-order valence-electron chi connectivity index (χ1n) is 5.19. The van der Waals surface area contributed by atoms with Crippen molar-refractivity contribution in [1.82, 2.24) is 4.90 Å². The molecule has 0 saturated carbocycles. The second-order valence-corrected chi connectivity index (χ2v) is 3.85. The molecule has 1 aliphatic rings. The molecule has 1 N–H and O–H groups in total. The standard InChI is InChI=1S/C12H13NO3/c14-8-11(9-4-2-1-3-5-9)13-7-10(15)6-12(13)16/h1-5,11,14H,6-8H2/t11-/m0/s1. The summed E-state index contributed by atoms with van der Waals surface area (Å²) in [5, 5.41) is 9.34.